The SMILES string of the molecule is Fc1ccc2scc(C(F)F)c2c1F. The third kappa shape index (κ3) is 1.28. The maximum Gasteiger partial charge on any atom is 0.265 e. The summed E-state index contributed by atoms with van der Waals surface area (Å²) in [6.07, 6.45) is -2.78. The predicted octanol–water partition coefficient (Wildman–Crippen LogP) is 4.12. The summed E-state index contributed by atoms with van der Waals surface area (Å²) in [5.74, 6) is -2.29. The Kier molecular flexibility index (Phi) is 2.19. The fraction of sp³-hybridized carbons (Fsp3) is 0.111. The van der Waals surface area contributed by atoms with Gasteiger partial charge in [-0.05, 0) is 12.1 Å². The van der Waals surface area contributed by atoms with Crippen LogP contribution < -0.4 is 0 Å². The van der Waals surface area contributed by atoms with Gasteiger partial charge in [0, 0.05) is 21.0 Å². The Bertz CT molecular complexity index is 475. The molecule has 1 aromatic carbocycles. The monoisotopic (exact) mass is 220 g/mol. The van der Waals surface area contributed by atoms with Crippen LogP contribution in [0.2, 0.25) is 0 Å². The van der Waals surface area contributed by atoms with Gasteiger partial charge in [0.25, 0.3) is 6.43 Å². The number of fused-ring (bicyclic) bond motifs is 1. The van der Waals surface area contributed by atoms with E-state index in [0.717, 1.165) is 22.8 Å². The maximum absolute atomic E-state index is 13.2. The first kappa shape index (κ1) is 9.45. The molecule has 0 spiro atoms. The van der Waals surface area contributed by atoms with Gasteiger partial charge in [-0.1, -0.05) is 0 Å². The van der Waals surface area contributed by atoms with Crippen LogP contribution in [0.15, 0.2) is 17.5 Å². The lowest BCUT2D eigenvalue weighted by molar-refractivity contribution is 0.153. The van der Waals surface area contributed by atoms with Crippen molar-refractivity contribution in [3.63, 3.8) is 0 Å². The van der Waals surface area contributed by atoms with Gasteiger partial charge in [-0.3, -0.25) is 0 Å². The summed E-state index contributed by atoms with van der Waals surface area (Å²) in [6, 6.07) is 2.23. The smallest absolute Gasteiger partial charge is 0.205 e. The molecular formula is C9H4F4S. The van der Waals surface area contributed by atoms with Gasteiger partial charge in [0.15, 0.2) is 11.6 Å². The number of hydrogen-bond acceptors (Lipinski definition) is 1. The molecule has 0 nitrogen and oxygen atoms in total. The molecule has 0 fully saturated rings. The second-order valence-corrected chi connectivity index (χ2v) is 3.64. The van der Waals surface area contributed by atoms with Crippen LogP contribution in [0.4, 0.5) is 17.6 Å². The lowest BCUT2D eigenvalue weighted by Gasteiger charge is -1.99. The predicted molar refractivity (Wildman–Crippen MR) is 46.7 cm³/mol. The zero-order valence-electron chi connectivity index (χ0n) is 6.73. The zero-order chi connectivity index (χ0) is 10.3. The molecule has 0 saturated carbocycles. The molecule has 0 bridgehead atoms. The van der Waals surface area contributed by atoms with Crippen LogP contribution >= 0.6 is 11.3 Å². The lowest BCUT2D eigenvalue weighted by atomic mass is 10.1. The Morgan fingerprint density at radius 2 is 1.86 bits per heavy atom. The van der Waals surface area contributed by atoms with E-state index in [-0.39, 0.29) is 5.39 Å². The third-order valence-corrected chi connectivity index (χ3v) is 2.86. The number of benzene rings is 1. The molecule has 2 rings (SSSR count). The zero-order valence-corrected chi connectivity index (χ0v) is 7.55. The van der Waals surface area contributed by atoms with Gasteiger partial charge >= 0.3 is 0 Å². The highest BCUT2D eigenvalue weighted by molar-refractivity contribution is 7.17. The van der Waals surface area contributed by atoms with E-state index in [2.05, 4.69) is 0 Å². The average Bonchev–Trinajstić information content (AvgIpc) is 2.55. The highest BCUT2D eigenvalue weighted by atomic mass is 32.1. The van der Waals surface area contributed by atoms with Crippen molar-refractivity contribution >= 4 is 21.4 Å². The van der Waals surface area contributed by atoms with Crippen molar-refractivity contribution in [1.29, 1.82) is 0 Å². The van der Waals surface area contributed by atoms with Gasteiger partial charge in [-0.15, -0.1) is 11.3 Å². The molecule has 1 heterocycles. The van der Waals surface area contributed by atoms with Gasteiger partial charge in [0.1, 0.15) is 0 Å². The minimum Gasteiger partial charge on any atom is -0.205 e. The number of halogens is 4. The summed E-state index contributed by atoms with van der Waals surface area (Å²) in [5.41, 5.74) is -0.443. The minimum atomic E-state index is -2.78. The molecule has 2 aromatic rings. The number of rotatable bonds is 1. The Labute approximate surface area is 80.8 Å². The van der Waals surface area contributed by atoms with E-state index in [0.29, 0.717) is 4.70 Å². The molecule has 74 valence electrons. The van der Waals surface area contributed by atoms with Gasteiger partial charge in [0.2, 0.25) is 0 Å². The molecule has 5 heteroatoms. The van der Waals surface area contributed by atoms with Gasteiger partial charge in [0.05, 0.1) is 0 Å². The van der Waals surface area contributed by atoms with E-state index in [4.69, 9.17) is 0 Å². The van der Waals surface area contributed by atoms with E-state index in [9.17, 15) is 17.6 Å². The van der Waals surface area contributed by atoms with E-state index < -0.39 is 23.6 Å². The molecule has 0 aliphatic carbocycles. The highest BCUT2D eigenvalue weighted by Gasteiger charge is 2.18. The van der Waals surface area contributed by atoms with E-state index in [1.807, 2.05) is 0 Å². The van der Waals surface area contributed by atoms with Crippen LogP contribution in [0, 0.1) is 11.6 Å². The van der Waals surface area contributed by atoms with Gasteiger partial charge < -0.3 is 0 Å². The van der Waals surface area contributed by atoms with Crippen molar-refractivity contribution in [2.75, 3.05) is 0 Å². The molecule has 0 aliphatic heterocycles. The third-order valence-electron chi connectivity index (χ3n) is 1.89. The molecule has 0 unspecified atom stereocenters. The molecule has 0 amide bonds. The molecule has 0 radical (unpaired) electrons. The van der Waals surface area contributed by atoms with E-state index >= 15 is 0 Å². The number of thiophene rings is 1. The summed E-state index contributed by atoms with van der Waals surface area (Å²) in [7, 11) is 0. The molecule has 0 saturated heterocycles. The first-order valence-corrected chi connectivity index (χ1v) is 4.62. The first-order chi connectivity index (χ1) is 6.61. The minimum absolute atomic E-state index is 0.301. The topological polar surface area (TPSA) is 0 Å². The van der Waals surface area contributed by atoms with Crippen LogP contribution in [0.5, 0.6) is 0 Å². The Balaban J connectivity index is 2.82. The summed E-state index contributed by atoms with van der Waals surface area (Å²) >= 11 is 0.978. The molecular weight excluding hydrogens is 216 g/mol. The molecule has 14 heavy (non-hydrogen) atoms. The summed E-state index contributed by atoms with van der Waals surface area (Å²) in [6.45, 7) is 0. The average molecular weight is 220 g/mol. The van der Waals surface area contributed by atoms with E-state index in [1.165, 1.54) is 6.07 Å². The van der Waals surface area contributed by atoms with Crippen molar-refractivity contribution in [3.05, 3.63) is 34.7 Å². The number of alkyl halides is 2. The number of hydrogen-bond donors (Lipinski definition) is 0. The summed E-state index contributed by atoms with van der Waals surface area (Å²) in [4.78, 5) is 0. The van der Waals surface area contributed by atoms with Gasteiger partial charge in [-0.25, -0.2) is 17.6 Å². The maximum atomic E-state index is 13.2. The molecule has 1 aromatic heterocycles. The van der Waals surface area contributed by atoms with Crippen molar-refractivity contribution in [2.45, 2.75) is 6.43 Å². The Morgan fingerprint density at radius 3 is 2.50 bits per heavy atom. The van der Waals surface area contributed by atoms with Crippen LogP contribution in [0.1, 0.15) is 12.0 Å². The normalized spacial score (nSPS) is 11.5. The quantitative estimate of drug-likeness (QED) is 0.634. The largest absolute Gasteiger partial charge is 0.265 e. The molecule has 0 atom stereocenters. The fourth-order valence-electron chi connectivity index (χ4n) is 1.25. The lowest BCUT2D eigenvalue weighted by Crippen LogP contribution is -1.88. The molecule has 0 N–H and O–H groups in total. The molecule has 0 aliphatic rings. The standard InChI is InChI=1S/C9H4F4S/c10-5-1-2-6-7(8(5)11)4(3-14-6)9(12)13/h1-3,9H. The van der Waals surface area contributed by atoms with E-state index in [1.54, 1.807) is 0 Å². The van der Waals surface area contributed by atoms with Crippen molar-refractivity contribution in [1.82, 2.24) is 0 Å². The fourth-order valence-corrected chi connectivity index (χ4v) is 2.19. The van der Waals surface area contributed by atoms with Crippen molar-refractivity contribution in [2.24, 2.45) is 0 Å². The van der Waals surface area contributed by atoms with Crippen LogP contribution in [0.25, 0.3) is 10.1 Å². The summed E-state index contributed by atoms with van der Waals surface area (Å²) < 4.78 is 51.0. The second kappa shape index (κ2) is 3.24. The van der Waals surface area contributed by atoms with Gasteiger partial charge in [-0.2, -0.15) is 0 Å². The van der Waals surface area contributed by atoms with Crippen LogP contribution in [0.3, 0.4) is 0 Å². The highest BCUT2D eigenvalue weighted by Crippen LogP contribution is 2.35. The Hall–Kier alpha value is -1.10. The first-order valence-electron chi connectivity index (χ1n) is 3.74. The second-order valence-electron chi connectivity index (χ2n) is 2.73. The Morgan fingerprint density at radius 1 is 1.14 bits per heavy atom. The van der Waals surface area contributed by atoms with Crippen LogP contribution in [-0.2, 0) is 0 Å². The van der Waals surface area contributed by atoms with Crippen LogP contribution in [-0.4, -0.2) is 0 Å². The van der Waals surface area contributed by atoms with Crippen molar-refractivity contribution in [3.8, 4) is 0 Å². The summed E-state index contributed by atoms with van der Waals surface area (Å²) in [5, 5.41) is 0.850. The van der Waals surface area contributed by atoms with Crippen molar-refractivity contribution < 1.29 is 17.6 Å².